The summed E-state index contributed by atoms with van der Waals surface area (Å²) in [4.78, 5) is 14.4. The summed E-state index contributed by atoms with van der Waals surface area (Å²) in [5.74, 6) is 0.270. The number of piperidine rings is 1. The van der Waals surface area contributed by atoms with Crippen LogP contribution in [0.4, 0.5) is 0 Å². The van der Waals surface area contributed by atoms with E-state index in [2.05, 4.69) is 4.90 Å². The lowest BCUT2D eigenvalue weighted by molar-refractivity contribution is -0.138. The Kier molecular flexibility index (Phi) is 6.61. The second kappa shape index (κ2) is 7.49. The first kappa shape index (κ1) is 16.8. The van der Waals surface area contributed by atoms with Gasteiger partial charge in [-0.3, -0.25) is 4.79 Å². The minimum Gasteiger partial charge on any atom is -0.342 e. The molecule has 3 nitrogen and oxygen atoms in total. The lowest BCUT2D eigenvalue weighted by atomic mass is 9.74. The molecule has 2 fully saturated rings. The maximum Gasteiger partial charge on any atom is 0.226 e. The topological polar surface area (TPSA) is 46.3 Å². The van der Waals surface area contributed by atoms with Crippen molar-refractivity contribution >= 4 is 18.3 Å². The highest BCUT2D eigenvalue weighted by molar-refractivity contribution is 5.85. The van der Waals surface area contributed by atoms with Crippen LogP contribution in [-0.2, 0) is 4.79 Å². The predicted molar refractivity (Wildman–Crippen MR) is 81.4 cm³/mol. The molecule has 1 aliphatic heterocycles. The van der Waals surface area contributed by atoms with E-state index in [-0.39, 0.29) is 24.2 Å². The van der Waals surface area contributed by atoms with Crippen molar-refractivity contribution in [2.45, 2.75) is 58.3 Å². The Hall–Kier alpha value is -0.280. The van der Waals surface area contributed by atoms with Gasteiger partial charge in [-0.2, -0.15) is 0 Å². The molecule has 1 atom stereocenters. The number of likely N-dealkylation sites (tertiary alicyclic amines) is 1. The zero-order chi connectivity index (χ0) is 13.0. The van der Waals surface area contributed by atoms with E-state index in [1.165, 1.54) is 51.4 Å². The van der Waals surface area contributed by atoms with Crippen molar-refractivity contribution in [3.8, 4) is 0 Å². The summed E-state index contributed by atoms with van der Waals surface area (Å²) in [6.45, 7) is 4.38. The number of nitrogens with zero attached hydrogens (tertiary/aromatic N) is 1. The van der Waals surface area contributed by atoms with Gasteiger partial charge in [0.25, 0.3) is 0 Å². The summed E-state index contributed by atoms with van der Waals surface area (Å²) in [6, 6.07) is 0. The van der Waals surface area contributed by atoms with Crippen molar-refractivity contribution in [1.82, 2.24) is 4.90 Å². The first-order chi connectivity index (χ1) is 8.67. The summed E-state index contributed by atoms with van der Waals surface area (Å²) in [6.07, 6.45) is 10.6. The number of rotatable bonds is 2. The summed E-state index contributed by atoms with van der Waals surface area (Å²) < 4.78 is 0. The molecular formula is C15H29ClN2O. The van der Waals surface area contributed by atoms with E-state index < -0.39 is 0 Å². The molecular weight excluding hydrogens is 260 g/mol. The molecule has 1 saturated carbocycles. The fourth-order valence-corrected chi connectivity index (χ4v) is 3.70. The Morgan fingerprint density at radius 1 is 1.16 bits per heavy atom. The van der Waals surface area contributed by atoms with Crippen LogP contribution in [0.15, 0.2) is 0 Å². The average molecular weight is 289 g/mol. The van der Waals surface area contributed by atoms with Crippen LogP contribution >= 0.6 is 12.4 Å². The number of hydrogen-bond donors (Lipinski definition) is 1. The number of carbonyl (C=O) groups excluding carboxylic acids is 1. The van der Waals surface area contributed by atoms with Crippen LogP contribution in [-0.4, -0.2) is 30.4 Å². The second-order valence-corrected chi connectivity index (χ2v) is 6.41. The van der Waals surface area contributed by atoms with Crippen LogP contribution in [0.1, 0.15) is 58.3 Å². The molecule has 19 heavy (non-hydrogen) atoms. The van der Waals surface area contributed by atoms with Crippen molar-refractivity contribution in [3.05, 3.63) is 0 Å². The van der Waals surface area contributed by atoms with Gasteiger partial charge in [0.15, 0.2) is 0 Å². The molecule has 4 heteroatoms. The van der Waals surface area contributed by atoms with E-state index in [1.807, 2.05) is 6.92 Å². The smallest absolute Gasteiger partial charge is 0.226 e. The van der Waals surface area contributed by atoms with E-state index in [0.717, 1.165) is 13.1 Å². The van der Waals surface area contributed by atoms with Crippen LogP contribution in [0.25, 0.3) is 0 Å². The van der Waals surface area contributed by atoms with E-state index >= 15 is 0 Å². The molecule has 2 N–H and O–H groups in total. The van der Waals surface area contributed by atoms with Gasteiger partial charge < -0.3 is 10.6 Å². The summed E-state index contributed by atoms with van der Waals surface area (Å²) in [5, 5.41) is 0. The summed E-state index contributed by atoms with van der Waals surface area (Å²) in [5.41, 5.74) is 6.07. The predicted octanol–water partition coefficient (Wildman–Crippen LogP) is 2.97. The van der Waals surface area contributed by atoms with Gasteiger partial charge in [-0.1, -0.05) is 32.6 Å². The molecule has 0 radical (unpaired) electrons. The molecule has 2 aliphatic rings. The molecule has 0 aromatic carbocycles. The van der Waals surface area contributed by atoms with Crippen LogP contribution in [0.2, 0.25) is 0 Å². The molecule has 112 valence electrons. The molecule has 1 aliphatic carbocycles. The van der Waals surface area contributed by atoms with Gasteiger partial charge >= 0.3 is 0 Å². The van der Waals surface area contributed by atoms with Crippen LogP contribution in [0.3, 0.4) is 0 Å². The fourth-order valence-electron chi connectivity index (χ4n) is 3.70. The highest BCUT2D eigenvalue weighted by Crippen LogP contribution is 2.42. The van der Waals surface area contributed by atoms with Crippen molar-refractivity contribution in [2.75, 3.05) is 19.6 Å². The maximum atomic E-state index is 12.3. The van der Waals surface area contributed by atoms with Crippen molar-refractivity contribution in [1.29, 1.82) is 0 Å². The molecule has 1 spiro atoms. The first-order valence-corrected chi connectivity index (χ1v) is 7.66. The van der Waals surface area contributed by atoms with Crippen molar-refractivity contribution in [2.24, 2.45) is 17.1 Å². The SMILES string of the molecule is CC(CN)C(=O)N1CCCC2(CCCCCC2)C1.Cl. The minimum atomic E-state index is -0.00840. The zero-order valence-electron chi connectivity index (χ0n) is 12.2. The Bertz CT molecular complexity index is 288. The molecule has 1 saturated heterocycles. The largest absolute Gasteiger partial charge is 0.342 e. The third-order valence-electron chi connectivity index (χ3n) is 4.91. The number of nitrogens with two attached hydrogens (primary N) is 1. The van der Waals surface area contributed by atoms with Gasteiger partial charge in [0.05, 0.1) is 0 Å². The molecule has 1 heterocycles. The van der Waals surface area contributed by atoms with E-state index in [9.17, 15) is 4.79 Å². The Balaban J connectivity index is 0.00000180. The standard InChI is InChI=1S/C15H28N2O.ClH/c1-13(11-16)14(18)17-10-6-9-15(12-17)7-4-2-3-5-8-15;/h13H,2-12,16H2,1H3;1H. The molecule has 1 amide bonds. The van der Waals surface area contributed by atoms with Gasteiger partial charge in [0.1, 0.15) is 0 Å². The van der Waals surface area contributed by atoms with Crippen LogP contribution < -0.4 is 5.73 Å². The quantitative estimate of drug-likeness (QED) is 0.849. The van der Waals surface area contributed by atoms with Gasteiger partial charge in [-0.25, -0.2) is 0 Å². The number of halogens is 1. The normalized spacial score (nSPS) is 24.4. The number of amides is 1. The Morgan fingerprint density at radius 3 is 2.32 bits per heavy atom. The van der Waals surface area contributed by atoms with Crippen molar-refractivity contribution < 1.29 is 4.79 Å². The van der Waals surface area contributed by atoms with E-state index in [0.29, 0.717) is 12.0 Å². The second-order valence-electron chi connectivity index (χ2n) is 6.41. The minimum absolute atomic E-state index is 0. The first-order valence-electron chi connectivity index (χ1n) is 7.66. The van der Waals surface area contributed by atoms with E-state index in [4.69, 9.17) is 5.73 Å². The Morgan fingerprint density at radius 2 is 1.74 bits per heavy atom. The molecule has 0 bridgehead atoms. The van der Waals surface area contributed by atoms with Gasteiger partial charge in [0.2, 0.25) is 5.91 Å². The summed E-state index contributed by atoms with van der Waals surface area (Å²) in [7, 11) is 0. The number of carbonyl (C=O) groups is 1. The van der Waals surface area contributed by atoms with Gasteiger partial charge in [0, 0.05) is 25.6 Å². The lowest BCUT2D eigenvalue weighted by Gasteiger charge is -2.43. The number of hydrogen-bond acceptors (Lipinski definition) is 2. The zero-order valence-corrected chi connectivity index (χ0v) is 13.0. The van der Waals surface area contributed by atoms with Crippen molar-refractivity contribution in [3.63, 3.8) is 0 Å². The third kappa shape index (κ3) is 4.09. The molecule has 0 aromatic rings. The van der Waals surface area contributed by atoms with Crippen LogP contribution in [0.5, 0.6) is 0 Å². The lowest BCUT2D eigenvalue weighted by Crippen LogP contribution is -2.48. The Labute approximate surface area is 123 Å². The maximum absolute atomic E-state index is 12.3. The van der Waals surface area contributed by atoms with Gasteiger partial charge in [-0.05, 0) is 31.1 Å². The highest BCUT2D eigenvalue weighted by atomic mass is 35.5. The monoisotopic (exact) mass is 288 g/mol. The van der Waals surface area contributed by atoms with E-state index in [1.54, 1.807) is 0 Å². The average Bonchev–Trinajstić information content (AvgIpc) is 2.63. The third-order valence-corrected chi connectivity index (χ3v) is 4.91. The van der Waals surface area contributed by atoms with Gasteiger partial charge in [-0.15, -0.1) is 12.4 Å². The van der Waals surface area contributed by atoms with Crippen LogP contribution in [0, 0.1) is 11.3 Å². The highest BCUT2D eigenvalue weighted by Gasteiger charge is 2.37. The fraction of sp³-hybridized carbons (Fsp3) is 0.933. The molecule has 1 unspecified atom stereocenters. The molecule has 2 rings (SSSR count). The molecule has 0 aromatic heterocycles. The summed E-state index contributed by atoms with van der Waals surface area (Å²) >= 11 is 0.